The third-order valence-electron chi connectivity index (χ3n) is 3.03. The van der Waals surface area contributed by atoms with Gasteiger partial charge < -0.3 is 10.1 Å². The largest absolute Gasteiger partial charge is 0.383 e. The monoisotopic (exact) mass is 314 g/mol. The number of hydrogen-bond donors (Lipinski definition) is 2. The molecule has 1 aliphatic rings. The number of ether oxygens (including phenoxy) is 1. The van der Waals surface area contributed by atoms with E-state index in [1.807, 2.05) is 0 Å². The van der Waals surface area contributed by atoms with Gasteiger partial charge >= 0.3 is 0 Å². The lowest BCUT2D eigenvalue weighted by molar-refractivity contribution is 0.199. The van der Waals surface area contributed by atoms with Crippen molar-refractivity contribution in [3.8, 4) is 0 Å². The van der Waals surface area contributed by atoms with Crippen LogP contribution in [-0.4, -0.2) is 66.9 Å². The molecule has 0 saturated carbocycles. The van der Waals surface area contributed by atoms with Gasteiger partial charge in [-0.15, -0.1) is 0 Å². The van der Waals surface area contributed by atoms with Crippen molar-refractivity contribution in [2.24, 2.45) is 0 Å². The first kappa shape index (κ1) is 16.8. The second-order valence-corrected chi connectivity index (χ2v) is 8.88. The van der Waals surface area contributed by atoms with Crippen molar-refractivity contribution in [2.45, 2.75) is 18.1 Å². The van der Waals surface area contributed by atoms with E-state index in [0.29, 0.717) is 26.2 Å². The molecular weight excluding hydrogens is 292 g/mol. The molecule has 1 rings (SSSR count). The van der Waals surface area contributed by atoms with E-state index in [-0.39, 0.29) is 24.3 Å². The van der Waals surface area contributed by atoms with Crippen molar-refractivity contribution in [1.29, 1.82) is 0 Å². The summed E-state index contributed by atoms with van der Waals surface area (Å²) in [7, 11) is -4.84. The lowest BCUT2D eigenvalue weighted by Gasteiger charge is -2.22. The molecule has 0 spiro atoms. The van der Waals surface area contributed by atoms with Gasteiger partial charge in [-0.25, -0.2) is 21.6 Å². The van der Waals surface area contributed by atoms with Gasteiger partial charge in [-0.1, -0.05) is 0 Å². The predicted octanol–water partition coefficient (Wildman–Crippen LogP) is -1.28. The molecule has 114 valence electrons. The normalized spacial score (nSPS) is 20.5. The smallest absolute Gasteiger partial charge is 0.214 e. The molecular formula is C10H22N2O5S2. The van der Waals surface area contributed by atoms with Crippen LogP contribution in [0, 0.1) is 0 Å². The zero-order chi connectivity index (χ0) is 14.4. The van der Waals surface area contributed by atoms with Gasteiger partial charge in [0.1, 0.15) is 9.84 Å². The fourth-order valence-electron chi connectivity index (χ4n) is 1.88. The van der Waals surface area contributed by atoms with Crippen LogP contribution >= 0.6 is 0 Å². The molecule has 1 aliphatic heterocycles. The Morgan fingerprint density at radius 2 is 1.79 bits per heavy atom. The van der Waals surface area contributed by atoms with Gasteiger partial charge in [-0.2, -0.15) is 0 Å². The number of sulfonamides is 1. The summed E-state index contributed by atoms with van der Waals surface area (Å²) in [4.78, 5) is 0. The van der Waals surface area contributed by atoms with Crippen LogP contribution in [-0.2, 0) is 24.6 Å². The number of nitrogens with one attached hydrogen (secondary N) is 2. The van der Waals surface area contributed by atoms with Crippen molar-refractivity contribution in [2.75, 3.05) is 44.9 Å². The fraction of sp³-hybridized carbons (Fsp3) is 1.00. The quantitative estimate of drug-likeness (QED) is 0.541. The van der Waals surface area contributed by atoms with Gasteiger partial charge in [-0.05, 0) is 12.8 Å². The SMILES string of the molecule is COCCNCCNS(=O)(=O)C1CCS(=O)(=O)CC1. The summed E-state index contributed by atoms with van der Waals surface area (Å²) in [5.41, 5.74) is 0. The molecule has 1 heterocycles. The Hall–Kier alpha value is -0.220. The summed E-state index contributed by atoms with van der Waals surface area (Å²) >= 11 is 0. The topological polar surface area (TPSA) is 102 Å². The van der Waals surface area contributed by atoms with Crippen LogP contribution in [0.2, 0.25) is 0 Å². The molecule has 0 aromatic carbocycles. The van der Waals surface area contributed by atoms with E-state index in [2.05, 4.69) is 10.0 Å². The van der Waals surface area contributed by atoms with Crippen LogP contribution in [0.15, 0.2) is 0 Å². The van der Waals surface area contributed by atoms with Crippen LogP contribution < -0.4 is 10.0 Å². The van der Waals surface area contributed by atoms with Gasteiger partial charge in [0, 0.05) is 26.7 Å². The summed E-state index contributed by atoms with van der Waals surface area (Å²) in [6.07, 6.45) is 0.379. The van der Waals surface area contributed by atoms with Crippen LogP contribution in [0.25, 0.3) is 0 Å². The molecule has 0 bridgehead atoms. The predicted molar refractivity (Wildman–Crippen MR) is 73.3 cm³/mol. The van der Waals surface area contributed by atoms with Gasteiger partial charge in [0.2, 0.25) is 10.0 Å². The number of sulfone groups is 1. The van der Waals surface area contributed by atoms with Crippen LogP contribution in [0.4, 0.5) is 0 Å². The van der Waals surface area contributed by atoms with Crippen molar-refractivity contribution < 1.29 is 21.6 Å². The molecule has 2 N–H and O–H groups in total. The second kappa shape index (κ2) is 7.53. The molecule has 1 fully saturated rings. The maximum absolute atomic E-state index is 11.9. The molecule has 0 aliphatic carbocycles. The third-order valence-corrected chi connectivity index (χ3v) is 6.70. The first-order chi connectivity index (χ1) is 8.87. The highest BCUT2D eigenvalue weighted by Gasteiger charge is 2.32. The average Bonchev–Trinajstić information content (AvgIpc) is 2.33. The van der Waals surface area contributed by atoms with E-state index in [4.69, 9.17) is 4.74 Å². The van der Waals surface area contributed by atoms with Gasteiger partial charge in [0.25, 0.3) is 0 Å². The number of hydrogen-bond acceptors (Lipinski definition) is 6. The van der Waals surface area contributed by atoms with Gasteiger partial charge in [0.15, 0.2) is 0 Å². The molecule has 1 saturated heterocycles. The summed E-state index contributed by atoms with van der Waals surface area (Å²) < 4.78 is 53.7. The number of methoxy groups -OCH3 is 1. The molecule has 19 heavy (non-hydrogen) atoms. The highest BCUT2D eigenvalue weighted by atomic mass is 32.2. The van der Waals surface area contributed by atoms with E-state index < -0.39 is 25.1 Å². The standard InChI is InChI=1S/C10H22N2O5S2/c1-17-7-6-11-4-5-12-19(15,16)10-2-8-18(13,14)9-3-10/h10-12H,2-9H2,1H3. The molecule has 0 atom stereocenters. The van der Waals surface area contributed by atoms with E-state index in [1.165, 1.54) is 0 Å². The Bertz CT molecular complexity index is 446. The van der Waals surface area contributed by atoms with Gasteiger partial charge in [-0.3, -0.25) is 0 Å². The van der Waals surface area contributed by atoms with Crippen molar-refractivity contribution in [3.05, 3.63) is 0 Å². The third kappa shape index (κ3) is 6.17. The molecule has 0 aromatic rings. The fourth-order valence-corrected chi connectivity index (χ4v) is 5.15. The number of rotatable bonds is 8. The maximum atomic E-state index is 11.9. The first-order valence-electron chi connectivity index (χ1n) is 6.26. The lowest BCUT2D eigenvalue weighted by Crippen LogP contribution is -2.42. The van der Waals surface area contributed by atoms with Crippen LogP contribution in [0.1, 0.15) is 12.8 Å². The van der Waals surface area contributed by atoms with E-state index in [9.17, 15) is 16.8 Å². The molecule has 0 unspecified atom stereocenters. The van der Waals surface area contributed by atoms with Crippen molar-refractivity contribution in [1.82, 2.24) is 10.0 Å². The van der Waals surface area contributed by atoms with E-state index in [0.717, 1.165) is 0 Å². The minimum atomic E-state index is -3.41. The van der Waals surface area contributed by atoms with Crippen molar-refractivity contribution in [3.63, 3.8) is 0 Å². The summed E-state index contributed by atoms with van der Waals surface area (Å²) in [6.45, 7) is 2.07. The molecule has 7 nitrogen and oxygen atoms in total. The molecule has 0 amide bonds. The Morgan fingerprint density at radius 1 is 1.16 bits per heavy atom. The molecule has 9 heteroatoms. The zero-order valence-corrected chi connectivity index (χ0v) is 12.7. The first-order valence-corrected chi connectivity index (χ1v) is 9.63. The van der Waals surface area contributed by atoms with Crippen molar-refractivity contribution >= 4 is 19.9 Å². The van der Waals surface area contributed by atoms with Gasteiger partial charge in [0.05, 0.1) is 23.4 Å². The lowest BCUT2D eigenvalue weighted by atomic mass is 10.2. The summed E-state index contributed by atoms with van der Waals surface area (Å²) in [5.74, 6) is -0.0741. The highest BCUT2D eigenvalue weighted by molar-refractivity contribution is 7.92. The zero-order valence-electron chi connectivity index (χ0n) is 11.1. The summed E-state index contributed by atoms with van der Waals surface area (Å²) in [6, 6.07) is 0. The minimum absolute atomic E-state index is 0.0370. The Morgan fingerprint density at radius 3 is 2.37 bits per heavy atom. The van der Waals surface area contributed by atoms with Crippen LogP contribution in [0.5, 0.6) is 0 Å². The Balaban J connectivity index is 2.28. The molecule has 0 aromatic heterocycles. The average molecular weight is 314 g/mol. The Labute approximate surface area is 115 Å². The Kier molecular flexibility index (Phi) is 6.67. The summed E-state index contributed by atoms with van der Waals surface area (Å²) in [5, 5.41) is 2.44. The highest BCUT2D eigenvalue weighted by Crippen LogP contribution is 2.18. The van der Waals surface area contributed by atoms with E-state index in [1.54, 1.807) is 7.11 Å². The second-order valence-electron chi connectivity index (χ2n) is 4.53. The minimum Gasteiger partial charge on any atom is -0.383 e. The molecule has 0 radical (unpaired) electrons. The van der Waals surface area contributed by atoms with Crippen LogP contribution in [0.3, 0.4) is 0 Å². The maximum Gasteiger partial charge on any atom is 0.214 e. The van der Waals surface area contributed by atoms with E-state index >= 15 is 0 Å².